The Kier molecular flexibility index (Phi) is 5.92. The summed E-state index contributed by atoms with van der Waals surface area (Å²) in [7, 11) is -3.52. The number of hydrogen-bond acceptors (Lipinski definition) is 4. The van der Waals surface area contributed by atoms with Gasteiger partial charge in [0.15, 0.2) is 0 Å². The van der Waals surface area contributed by atoms with Gasteiger partial charge in [0, 0.05) is 37.6 Å². The van der Waals surface area contributed by atoms with Crippen LogP contribution in [0.25, 0.3) is 0 Å². The Morgan fingerprint density at radius 3 is 2.48 bits per heavy atom. The van der Waals surface area contributed by atoms with Gasteiger partial charge in [-0.25, -0.2) is 13.1 Å². The average molecular weight is 388 g/mol. The molecule has 0 saturated carbocycles. The highest BCUT2D eigenvalue weighted by molar-refractivity contribution is 7.89. The summed E-state index contributed by atoms with van der Waals surface area (Å²) in [6, 6.07) is 8.87. The van der Waals surface area contributed by atoms with Crippen molar-refractivity contribution in [1.29, 1.82) is 0 Å². The van der Waals surface area contributed by atoms with Crippen molar-refractivity contribution in [2.45, 2.75) is 31.6 Å². The van der Waals surface area contributed by atoms with E-state index in [1.165, 1.54) is 0 Å². The van der Waals surface area contributed by atoms with Crippen LogP contribution in [-0.2, 0) is 10.0 Å². The van der Waals surface area contributed by atoms with Crippen LogP contribution in [0, 0.1) is 19.8 Å². The number of aryl methyl sites for hydroxylation is 2. The summed E-state index contributed by atoms with van der Waals surface area (Å²) in [4.78, 5) is 18.6. The van der Waals surface area contributed by atoms with Crippen LogP contribution in [0.4, 0.5) is 0 Å². The van der Waals surface area contributed by atoms with Crippen LogP contribution in [0.1, 0.15) is 34.3 Å². The molecule has 1 amide bonds. The van der Waals surface area contributed by atoms with E-state index in [-0.39, 0.29) is 11.8 Å². The smallest absolute Gasteiger partial charge is 0.253 e. The molecule has 0 atom stereocenters. The number of benzene rings is 1. The first kappa shape index (κ1) is 19.5. The van der Waals surface area contributed by atoms with Gasteiger partial charge in [0.2, 0.25) is 10.0 Å². The lowest BCUT2D eigenvalue weighted by Gasteiger charge is -2.32. The van der Waals surface area contributed by atoms with Gasteiger partial charge in [-0.2, -0.15) is 0 Å². The summed E-state index contributed by atoms with van der Waals surface area (Å²) >= 11 is 0. The predicted molar refractivity (Wildman–Crippen MR) is 104 cm³/mol. The van der Waals surface area contributed by atoms with Crippen LogP contribution < -0.4 is 4.72 Å². The third-order valence-corrected chi connectivity index (χ3v) is 6.59. The van der Waals surface area contributed by atoms with Crippen molar-refractivity contribution in [2.75, 3.05) is 19.6 Å². The maximum absolute atomic E-state index is 12.6. The summed E-state index contributed by atoms with van der Waals surface area (Å²) in [5.74, 6) is 0.234. The summed E-state index contributed by atoms with van der Waals surface area (Å²) in [5, 5.41) is 0. The van der Waals surface area contributed by atoms with Gasteiger partial charge in [0.05, 0.1) is 4.90 Å². The maximum atomic E-state index is 12.6. The Morgan fingerprint density at radius 2 is 1.81 bits per heavy atom. The molecular weight excluding hydrogens is 362 g/mol. The van der Waals surface area contributed by atoms with E-state index in [0.29, 0.717) is 30.1 Å². The van der Waals surface area contributed by atoms with Crippen molar-refractivity contribution in [3.63, 3.8) is 0 Å². The number of nitrogens with zero attached hydrogens (tertiary/aromatic N) is 2. The summed E-state index contributed by atoms with van der Waals surface area (Å²) in [6.45, 7) is 5.35. The van der Waals surface area contributed by atoms with Crippen molar-refractivity contribution < 1.29 is 13.2 Å². The number of likely N-dealkylation sites (tertiary alicyclic amines) is 1. The minimum atomic E-state index is -3.52. The molecule has 1 fully saturated rings. The second-order valence-electron chi connectivity index (χ2n) is 7.09. The first-order chi connectivity index (χ1) is 12.9. The third kappa shape index (κ3) is 4.73. The molecule has 6 nitrogen and oxygen atoms in total. The summed E-state index contributed by atoms with van der Waals surface area (Å²) in [5.41, 5.74) is 2.30. The highest BCUT2D eigenvalue weighted by atomic mass is 32.2. The van der Waals surface area contributed by atoms with Gasteiger partial charge < -0.3 is 4.90 Å². The van der Waals surface area contributed by atoms with E-state index < -0.39 is 10.0 Å². The van der Waals surface area contributed by atoms with Gasteiger partial charge >= 0.3 is 0 Å². The van der Waals surface area contributed by atoms with E-state index >= 15 is 0 Å². The molecular formula is C20H25N3O3S. The monoisotopic (exact) mass is 387 g/mol. The Hall–Kier alpha value is -2.25. The minimum absolute atomic E-state index is 0.00631. The highest BCUT2D eigenvalue weighted by Crippen LogP contribution is 2.21. The van der Waals surface area contributed by atoms with E-state index in [1.54, 1.807) is 37.5 Å². The van der Waals surface area contributed by atoms with Gasteiger partial charge in [-0.1, -0.05) is 12.1 Å². The maximum Gasteiger partial charge on any atom is 0.253 e. The Morgan fingerprint density at radius 1 is 1.15 bits per heavy atom. The lowest BCUT2D eigenvalue weighted by molar-refractivity contribution is 0.0692. The lowest BCUT2D eigenvalue weighted by atomic mass is 9.97. The normalized spacial score (nSPS) is 15.7. The highest BCUT2D eigenvalue weighted by Gasteiger charge is 2.25. The van der Waals surface area contributed by atoms with Crippen molar-refractivity contribution in [3.8, 4) is 0 Å². The number of hydrogen-bond donors (Lipinski definition) is 1. The molecule has 3 rings (SSSR count). The first-order valence-corrected chi connectivity index (χ1v) is 10.6. The van der Waals surface area contributed by atoms with E-state index in [1.807, 2.05) is 24.0 Å². The second kappa shape index (κ2) is 8.19. The molecule has 0 aliphatic carbocycles. The SMILES string of the molecule is Cc1ccc(C)c(S(=O)(=O)NCC2CCN(C(=O)c3ccncc3)CC2)c1. The molecule has 1 aromatic heterocycles. The van der Waals surface area contributed by atoms with Gasteiger partial charge in [-0.3, -0.25) is 9.78 Å². The lowest BCUT2D eigenvalue weighted by Crippen LogP contribution is -2.41. The topological polar surface area (TPSA) is 79.4 Å². The van der Waals surface area contributed by atoms with E-state index in [0.717, 1.165) is 24.0 Å². The van der Waals surface area contributed by atoms with Crippen molar-refractivity contribution >= 4 is 15.9 Å². The number of carbonyl (C=O) groups is 1. The van der Waals surface area contributed by atoms with Gasteiger partial charge in [-0.05, 0) is 61.9 Å². The van der Waals surface area contributed by atoms with Crippen LogP contribution in [-0.4, -0.2) is 43.8 Å². The third-order valence-electron chi connectivity index (χ3n) is 5.02. The standard InChI is InChI=1S/C20H25N3O3S/c1-15-3-4-16(2)19(13-15)27(25,26)22-14-17-7-11-23(12-8-17)20(24)18-5-9-21-10-6-18/h3-6,9-10,13,17,22H,7-8,11-12,14H2,1-2H3. The number of piperidine rings is 1. The zero-order valence-corrected chi connectivity index (χ0v) is 16.5. The molecule has 1 N–H and O–H groups in total. The van der Waals surface area contributed by atoms with Gasteiger partial charge in [0.1, 0.15) is 0 Å². The number of sulfonamides is 1. The Balaban J connectivity index is 1.55. The fraction of sp³-hybridized carbons (Fsp3) is 0.400. The van der Waals surface area contributed by atoms with Crippen molar-refractivity contribution in [2.24, 2.45) is 5.92 Å². The van der Waals surface area contributed by atoms with Crippen LogP contribution in [0.2, 0.25) is 0 Å². The molecule has 0 bridgehead atoms. The van der Waals surface area contributed by atoms with E-state index in [9.17, 15) is 13.2 Å². The Bertz CT molecular complexity index is 905. The predicted octanol–water partition coefficient (Wildman–Crippen LogP) is 2.53. The molecule has 1 saturated heterocycles. The molecule has 2 aromatic rings. The molecule has 144 valence electrons. The molecule has 27 heavy (non-hydrogen) atoms. The molecule has 0 radical (unpaired) electrons. The van der Waals surface area contributed by atoms with Crippen molar-refractivity contribution in [3.05, 3.63) is 59.4 Å². The summed E-state index contributed by atoms with van der Waals surface area (Å²) in [6.07, 6.45) is 4.79. The largest absolute Gasteiger partial charge is 0.339 e. The number of amides is 1. The van der Waals surface area contributed by atoms with Gasteiger partial charge in [0.25, 0.3) is 5.91 Å². The zero-order valence-electron chi connectivity index (χ0n) is 15.7. The minimum Gasteiger partial charge on any atom is -0.339 e. The zero-order chi connectivity index (χ0) is 19.4. The molecule has 0 spiro atoms. The van der Waals surface area contributed by atoms with Crippen LogP contribution >= 0.6 is 0 Å². The molecule has 1 aromatic carbocycles. The molecule has 1 aliphatic heterocycles. The fourth-order valence-corrected chi connectivity index (χ4v) is 4.76. The molecule has 1 aliphatic rings. The first-order valence-electron chi connectivity index (χ1n) is 9.13. The molecule has 7 heteroatoms. The van der Waals surface area contributed by atoms with E-state index in [4.69, 9.17) is 0 Å². The van der Waals surface area contributed by atoms with Gasteiger partial charge in [-0.15, -0.1) is 0 Å². The van der Waals surface area contributed by atoms with Crippen LogP contribution in [0.15, 0.2) is 47.6 Å². The number of aromatic nitrogens is 1. The number of nitrogens with one attached hydrogen (secondary N) is 1. The van der Waals surface area contributed by atoms with E-state index in [2.05, 4.69) is 9.71 Å². The van der Waals surface area contributed by atoms with Crippen LogP contribution in [0.3, 0.4) is 0 Å². The molecule has 2 heterocycles. The second-order valence-corrected chi connectivity index (χ2v) is 8.83. The summed E-state index contributed by atoms with van der Waals surface area (Å²) < 4.78 is 28.0. The fourth-order valence-electron chi connectivity index (χ4n) is 3.32. The van der Waals surface area contributed by atoms with Crippen LogP contribution in [0.5, 0.6) is 0 Å². The Labute approximate surface area is 160 Å². The average Bonchev–Trinajstić information content (AvgIpc) is 2.69. The van der Waals surface area contributed by atoms with Crippen molar-refractivity contribution in [1.82, 2.24) is 14.6 Å². The molecule has 0 unspecified atom stereocenters. The number of carbonyl (C=O) groups excluding carboxylic acids is 1. The quantitative estimate of drug-likeness (QED) is 0.855. The number of rotatable bonds is 5. The number of pyridine rings is 1.